The van der Waals surface area contributed by atoms with E-state index in [0.717, 1.165) is 0 Å². The monoisotopic (exact) mass is 372 g/mol. The van der Waals surface area contributed by atoms with Gasteiger partial charge in [-0.3, -0.25) is 0 Å². The Morgan fingerprint density at radius 1 is 0.609 bits per heavy atom. The average molecular weight is 372 g/mol. The summed E-state index contributed by atoms with van der Waals surface area (Å²) in [6.45, 7) is -5.44. The number of alkyl halides is 12. The molecular formula is C9H4F12O2. The van der Waals surface area contributed by atoms with E-state index in [1.54, 1.807) is 0 Å². The lowest BCUT2D eigenvalue weighted by Crippen LogP contribution is -2.49. The molecule has 0 radical (unpaired) electrons. The lowest BCUT2D eigenvalue weighted by atomic mass is 10.1. The molecule has 0 amide bonds. The Morgan fingerprint density at radius 3 is 1.09 bits per heavy atom. The quantitative estimate of drug-likeness (QED) is 0.687. The molecule has 0 aromatic heterocycles. The predicted octanol–water partition coefficient (Wildman–Crippen LogP) is 4.28. The highest BCUT2D eigenvalue weighted by Gasteiger charge is 2.83. The number of hydrogen-bond donors (Lipinski definition) is 0. The van der Waals surface area contributed by atoms with Crippen molar-refractivity contribution in [2.24, 2.45) is 0 Å². The van der Waals surface area contributed by atoms with Gasteiger partial charge in [-0.1, -0.05) is 0 Å². The van der Waals surface area contributed by atoms with Crippen LogP contribution in [0, 0.1) is 0 Å². The summed E-state index contributed by atoms with van der Waals surface area (Å²) in [5.74, 6) is -24.4. The van der Waals surface area contributed by atoms with Crippen LogP contribution in [0.2, 0.25) is 0 Å². The molecule has 23 heavy (non-hydrogen) atoms. The summed E-state index contributed by atoms with van der Waals surface area (Å²) < 4.78 is 156. The molecule has 1 aliphatic rings. The summed E-state index contributed by atoms with van der Waals surface area (Å²) in [7, 11) is 0. The molecule has 136 valence electrons. The zero-order chi connectivity index (χ0) is 18.5. The summed E-state index contributed by atoms with van der Waals surface area (Å²) in [5, 5.41) is 0. The molecule has 14 heteroatoms. The van der Waals surface area contributed by atoms with Crippen molar-refractivity contribution >= 4 is 0 Å². The van der Waals surface area contributed by atoms with Crippen LogP contribution in [-0.4, -0.2) is 43.3 Å². The first-order valence-corrected chi connectivity index (χ1v) is 5.21. The Balaban J connectivity index is 3.28. The normalized spacial score (nSPS) is 23.1. The van der Waals surface area contributed by atoms with Gasteiger partial charge in [0.05, 0.1) is 0 Å². The fourth-order valence-electron chi connectivity index (χ4n) is 1.39. The maximum atomic E-state index is 13.2. The summed E-state index contributed by atoms with van der Waals surface area (Å²) in [4.78, 5) is 0. The molecule has 0 heterocycles. The van der Waals surface area contributed by atoms with E-state index in [2.05, 4.69) is 9.47 Å². The Morgan fingerprint density at radius 2 is 0.870 bits per heavy atom. The van der Waals surface area contributed by atoms with Gasteiger partial charge in [0.1, 0.15) is 0 Å². The van der Waals surface area contributed by atoms with Crippen molar-refractivity contribution < 1.29 is 62.2 Å². The van der Waals surface area contributed by atoms with Gasteiger partial charge in [-0.25, -0.2) is 0 Å². The van der Waals surface area contributed by atoms with Crippen molar-refractivity contribution in [3.8, 4) is 0 Å². The highest BCUT2D eigenvalue weighted by atomic mass is 19.4. The third-order valence-corrected chi connectivity index (χ3v) is 2.33. The Hall–Kier alpha value is -1.50. The number of rotatable bonds is 4. The lowest BCUT2D eigenvalue weighted by Gasteiger charge is -2.24. The molecular weight excluding hydrogens is 368 g/mol. The van der Waals surface area contributed by atoms with Crippen LogP contribution in [0.4, 0.5) is 52.7 Å². The molecule has 0 N–H and O–H groups in total. The molecule has 0 aliphatic heterocycles. The van der Waals surface area contributed by atoms with E-state index >= 15 is 0 Å². The van der Waals surface area contributed by atoms with Gasteiger partial charge in [0, 0.05) is 0 Å². The Bertz CT molecular complexity index is 444. The van der Waals surface area contributed by atoms with Crippen molar-refractivity contribution in [1.82, 2.24) is 0 Å². The highest BCUT2D eigenvalue weighted by Crippen LogP contribution is 2.59. The molecule has 1 rings (SSSR count). The third kappa shape index (κ3) is 3.54. The number of halogens is 12. The minimum absolute atomic E-state index is 2.72. The van der Waals surface area contributed by atoms with Crippen molar-refractivity contribution in [3.63, 3.8) is 0 Å². The van der Waals surface area contributed by atoms with Crippen molar-refractivity contribution in [1.29, 1.82) is 0 Å². The molecule has 0 saturated heterocycles. The second-order valence-corrected chi connectivity index (χ2v) is 4.19. The van der Waals surface area contributed by atoms with Crippen LogP contribution in [0.1, 0.15) is 0 Å². The molecule has 0 unspecified atom stereocenters. The zero-order valence-electron chi connectivity index (χ0n) is 10.3. The van der Waals surface area contributed by atoms with Gasteiger partial charge in [-0.05, 0) is 0 Å². The molecule has 0 atom stereocenters. The SMILES string of the molecule is FC(F)(F)COC1=C(OCC(F)(F)F)C(F)(F)C(F)(F)C1(F)F. The van der Waals surface area contributed by atoms with Gasteiger partial charge >= 0.3 is 30.1 Å². The van der Waals surface area contributed by atoms with E-state index in [4.69, 9.17) is 0 Å². The summed E-state index contributed by atoms with van der Waals surface area (Å²) in [6.07, 6.45) is -10.8. The summed E-state index contributed by atoms with van der Waals surface area (Å²) in [5.41, 5.74) is 0. The number of ether oxygens (including phenoxy) is 2. The standard InChI is InChI=1S/C9H4F12O2/c10-5(11,12)1-22-3-4(23-2-6(13,14)15)8(18,19)9(20,21)7(3,16)17/h1-2H2. The maximum Gasteiger partial charge on any atom is 0.422 e. The van der Waals surface area contributed by atoms with Crippen LogP contribution >= 0.6 is 0 Å². The molecule has 2 nitrogen and oxygen atoms in total. The van der Waals surface area contributed by atoms with E-state index in [1.807, 2.05) is 0 Å². The highest BCUT2D eigenvalue weighted by molar-refractivity contribution is 5.34. The van der Waals surface area contributed by atoms with Crippen molar-refractivity contribution in [2.45, 2.75) is 30.1 Å². The van der Waals surface area contributed by atoms with E-state index < -0.39 is 54.9 Å². The Kier molecular flexibility index (Phi) is 4.47. The van der Waals surface area contributed by atoms with Crippen molar-refractivity contribution in [2.75, 3.05) is 13.2 Å². The van der Waals surface area contributed by atoms with E-state index in [1.165, 1.54) is 0 Å². The minimum atomic E-state index is -6.35. The predicted molar refractivity (Wildman–Crippen MR) is 45.9 cm³/mol. The van der Waals surface area contributed by atoms with Crippen LogP contribution < -0.4 is 0 Å². The average Bonchev–Trinajstić information content (AvgIpc) is 2.37. The van der Waals surface area contributed by atoms with E-state index in [9.17, 15) is 52.7 Å². The molecule has 0 aromatic rings. The first-order chi connectivity index (χ1) is 9.93. The minimum Gasteiger partial charge on any atom is -0.479 e. The van der Waals surface area contributed by atoms with E-state index in [-0.39, 0.29) is 0 Å². The Labute approximate surface area is 118 Å². The molecule has 0 saturated carbocycles. The van der Waals surface area contributed by atoms with Gasteiger partial charge in [0.25, 0.3) is 0 Å². The third-order valence-electron chi connectivity index (χ3n) is 2.33. The van der Waals surface area contributed by atoms with Gasteiger partial charge in [-0.2, -0.15) is 52.7 Å². The first kappa shape index (κ1) is 19.5. The van der Waals surface area contributed by atoms with Gasteiger partial charge in [0.15, 0.2) is 13.2 Å². The van der Waals surface area contributed by atoms with Gasteiger partial charge in [-0.15, -0.1) is 0 Å². The zero-order valence-corrected chi connectivity index (χ0v) is 10.3. The molecule has 0 bridgehead atoms. The maximum absolute atomic E-state index is 13.2. The van der Waals surface area contributed by atoms with E-state index in [0.29, 0.717) is 0 Å². The smallest absolute Gasteiger partial charge is 0.422 e. The topological polar surface area (TPSA) is 18.5 Å². The van der Waals surface area contributed by atoms with Gasteiger partial charge in [0.2, 0.25) is 11.5 Å². The van der Waals surface area contributed by atoms with Crippen LogP contribution in [-0.2, 0) is 9.47 Å². The fraction of sp³-hybridized carbons (Fsp3) is 0.778. The van der Waals surface area contributed by atoms with Crippen molar-refractivity contribution in [3.05, 3.63) is 11.5 Å². The summed E-state index contributed by atoms with van der Waals surface area (Å²) in [6, 6.07) is 0. The summed E-state index contributed by atoms with van der Waals surface area (Å²) >= 11 is 0. The second-order valence-electron chi connectivity index (χ2n) is 4.19. The lowest BCUT2D eigenvalue weighted by molar-refractivity contribution is -0.281. The molecule has 0 spiro atoms. The fourth-order valence-corrected chi connectivity index (χ4v) is 1.39. The number of allylic oxidation sites excluding steroid dienone is 2. The first-order valence-electron chi connectivity index (χ1n) is 5.21. The van der Waals surface area contributed by atoms with Crippen LogP contribution in [0.5, 0.6) is 0 Å². The molecule has 1 aliphatic carbocycles. The van der Waals surface area contributed by atoms with Gasteiger partial charge < -0.3 is 9.47 Å². The largest absolute Gasteiger partial charge is 0.479 e. The molecule has 0 aromatic carbocycles. The second kappa shape index (κ2) is 5.26. The van der Waals surface area contributed by atoms with Crippen LogP contribution in [0.3, 0.4) is 0 Å². The van der Waals surface area contributed by atoms with Crippen LogP contribution in [0.25, 0.3) is 0 Å². The van der Waals surface area contributed by atoms with Crippen LogP contribution in [0.15, 0.2) is 11.5 Å². The number of hydrogen-bond acceptors (Lipinski definition) is 2. The molecule has 0 fully saturated rings.